The Kier molecular flexibility index (Phi) is 5.83. The van der Waals surface area contributed by atoms with Crippen LogP contribution in [-0.2, 0) is 14.8 Å². The molecule has 2 aromatic rings. The van der Waals surface area contributed by atoms with E-state index in [0.717, 1.165) is 4.90 Å². The average molecular weight is 447 g/mol. The van der Waals surface area contributed by atoms with E-state index in [1.165, 1.54) is 28.2 Å². The molecule has 2 amide bonds. The van der Waals surface area contributed by atoms with Gasteiger partial charge >= 0.3 is 0 Å². The molecule has 4 rings (SSSR count). The van der Waals surface area contributed by atoms with E-state index in [-0.39, 0.29) is 22.0 Å². The van der Waals surface area contributed by atoms with Gasteiger partial charge in [0.2, 0.25) is 15.9 Å². The Bertz CT molecular complexity index is 1080. The second-order valence-corrected chi connectivity index (χ2v) is 10.4. The lowest BCUT2D eigenvalue weighted by atomic mass is 10.1. The highest BCUT2D eigenvalue weighted by Crippen LogP contribution is 2.36. The molecular formula is C20H22N4O4S2. The molecule has 8 nitrogen and oxygen atoms in total. The number of benzene rings is 2. The normalized spacial score (nSPS) is 19.6. The third kappa shape index (κ3) is 4.22. The molecule has 0 aliphatic carbocycles. The van der Waals surface area contributed by atoms with Crippen LogP contribution in [0, 0.1) is 0 Å². The van der Waals surface area contributed by atoms with Crippen molar-refractivity contribution in [1.29, 1.82) is 0 Å². The highest BCUT2D eigenvalue weighted by molar-refractivity contribution is 8.01. The highest BCUT2D eigenvalue weighted by atomic mass is 32.2. The number of rotatable bonds is 4. The van der Waals surface area contributed by atoms with E-state index in [4.69, 9.17) is 0 Å². The number of fused-ring (bicyclic) bond motifs is 1. The number of nitrogens with one attached hydrogen (secondary N) is 3. The van der Waals surface area contributed by atoms with E-state index >= 15 is 0 Å². The quantitative estimate of drug-likeness (QED) is 0.663. The number of thioether (sulfide) groups is 1. The van der Waals surface area contributed by atoms with Crippen LogP contribution in [0.2, 0.25) is 0 Å². The van der Waals surface area contributed by atoms with Gasteiger partial charge in [-0.3, -0.25) is 9.59 Å². The van der Waals surface area contributed by atoms with Crippen molar-refractivity contribution < 1.29 is 18.0 Å². The minimum atomic E-state index is -3.54. The van der Waals surface area contributed by atoms with Crippen LogP contribution >= 0.6 is 11.8 Å². The summed E-state index contributed by atoms with van der Waals surface area (Å²) in [5, 5.41) is 8.53. The first-order valence-electron chi connectivity index (χ1n) is 9.58. The van der Waals surface area contributed by atoms with Gasteiger partial charge in [-0.25, -0.2) is 8.42 Å². The molecule has 1 fully saturated rings. The second-order valence-electron chi connectivity index (χ2n) is 7.09. The number of hydrogen-bond acceptors (Lipinski definition) is 6. The summed E-state index contributed by atoms with van der Waals surface area (Å²) in [6.45, 7) is 3.97. The Morgan fingerprint density at radius 2 is 1.83 bits per heavy atom. The van der Waals surface area contributed by atoms with Gasteiger partial charge in [-0.2, -0.15) is 4.31 Å². The summed E-state index contributed by atoms with van der Waals surface area (Å²) in [6, 6.07) is 11.3. The zero-order valence-corrected chi connectivity index (χ0v) is 18.0. The van der Waals surface area contributed by atoms with Crippen LogP contribution in [0.5, 0.6) is 0 Å². The molecule has 0 unspecified atom stereocenters. The number of anilines is 2. The summed E-state index contributed by atoms with van der Waals surface area (Å²) in [6.07, 6.45) is 0. The molecule has 0 saturated carbocycles. The lowest BCUT2D eigenvalue weighted by Crippen LogP contribution is -2.46. The van der Waals surface area contributed by atoms with Crippen LogP contribution in [0.3, 0.4) is 0 Å². The number of piperazine rings is 1. The molecular weight excluding hydrogens is 424 g/mol. The zero-order valence-electron chi connectivity index (χ0n) is 16.3. The molecule has 2 aliphatic rings. The first-order chi connectivity index (χ1) is 14.3. The van der Waals surface area contributed by atoms with Crippen molar-refractivity contribution in [3.05, 3.63) is 48.0 Å². The van der Waals surface area contributed by atoms with Gasteiger partial charge in [0.25, 0.3) is 5.91 Å². The molecule has 1 atom stereocenters. The lowest BCUT2D eigenvalue weighted by Gasteiger charge is -2.26. The second kappa shape index (κ2) is 8.38. The molecule has 3 N–H and O–H groups in total. The first-order valence-corrected chi connectivity index (χ1v) is 11.9. The molecule has 2 heterocycles. The van der Waals surface area contributed by atoms with E-state index in [0.29, 0.717) is 43.1 Å². The van der Waals surface area contributed by atoms with Crippen LogP contribution in [0.4, 0.5) is 11.4 Å². The predicted molar refractivity (Wildman–Crippen MR) is 116 cm³/mol. The van der Waals surface area contributed by atoms with Crippen molar-refractivity contribution in [2.75, 3.05) is 36.8 Å². The number of amides is 2. The minimum Gasteiger partial charge on any atom is -0.324 e. The minimum absolute atomic E-state index is 0.0913. The van der Waals surface area contributed by atoms with Gasteiger partial charge in [0.05, 0.1) is 15.8 Å². The third-order valence-corrected chi connectivity index (χ3v) is 8.09. The summed E-state index contributed by atoms with van der Waals surface area (Å²) >= 11 is 1.45. The van der Waals surface area contributed by atoms with E-state index in [2.05, 4.69) is 16.0 Å². The van der Waals surface area contributed by atoms with Gasteiger partial charge in [-0.15, -0.1) is 11.8 Å². The van der Waals surface area contributed by atoms with Crippen LogP contribution < -0.4 is 16.0 Å². The van der Waals surface area contributed by atoms with Crippen molar-refractivity contribution in [3.63, 3.8) is 0 Å². The number of carbonyl (C=O) groups excluding carboxylic acids is 2. The highest BCUT2D eigenvalue weighted by Gasteiger charge is 2.26. The molecule has 2 aliphatic heterocycles. The number of nitrogens with zero attached hydrogens (tertiary/aromatic N) is 1. The van der Waals surface area contributed by atoms with Gasteiger partial charge in [0, 0.05) is 42.3 Å². The summed E-state index contributed by atoms with van der Waals surface area (Å²) in [5.41, 5.74) is 1.51. The Morgan fingerprint density at radius 1 is 1.13 bits per heavy atom. The van der Waals surface area contributed by atoms with Gasteiger partial charge < -0.3 is 16.0 Å². The number of sulfonamides is 1. The maximum Gasteiger partial charge on any atom is 0.255 e. The molecule has 2 aromatic carbocycles. The lowest BCUT2D eigenvalue weighted by molar-refractivity contribution is -0.115. The monoisotopic (exact) mass is 446 g/mol. The van der Waals surface area contributed by atoms with Crippen LogP contribution in [0.15, 0.2) is 52.3 Å². The average Bonchev–Trinajstić information content (AvgIpc) is 2.75. The van der Waals surface area contributed by atoms with Crippen LogP contribution in [-0.4, -0.2) is 56.0 Å². The summed E-state index contributed by atoms with van der Waals surface area (Å²) in [5.74, 6) is -0.431. The Labute approximate surface area is 179 Å². The fourth-order valence-electron chi connectivity index (χ4n) is 3.30. The van der Waals surface area contributed by atoms with Gasteiger partial charge in [0.1, 0.15) is 0 Å². The Balaban J connectivity index is 1.47. The molecule has 0 aromatic heterocycles. The molecule has 10 heteroatoms. The molecule has 0 bridgehead atoms. The van der Waals surface area contributed by atoms with E-state index in [9.17, 15) is 18.0 Å². The largest absolute Gasteiger partial charge is 0.324 e. The van der Waals surface area contributed by atoms with Crippen LogP contribution in [0.25, 0.3) is 0 Å². The van der Waals surface area contributed by atoms with Gasteiger partial charge in [-0.1, -0.05) is 0 Å². The maximum absolute atomic E-state index is 12.7. The number of hydrogen-bond donors (Lipinski definition) is 3. The SMILES string of the molecule is C[C@H]1Sc2ccc(C(=O)Nc3ccc(S(=O)(=O)N4CCNCC4)cc3)cc2NC1=O. The number of carbonyl (C=O) groups is 2. The predicted octanol–water partition coefficient (Wildman–Crippen LogP) is 1.97. The maximum atomic E-state index is 12.7. The van der Waals surface area contributed by atoms with Crippen molar-refractivity contribution in [3.8, 4) is 0 Å². The Hall–Kier alpha value is -2.40. The third-order valence-electron chi connectivity index (χ3n) is 5.00. The first kappa shape index (κ1) is 20.9. The molecule has 0 spiro atoms. The Morgan fingerprint density at radius 3 is 2.53 bits per heavy atom. The molecule has 1 saturated heterocycles. The van der Waals surface area contributed by atoms with Gasteiger partial charge in [0.15, 0.2) is 0 Å². The molecule has 30 heavy (non-hydrogen) atoms. The summed E-state index contributed by atoms with van der Waals surface area (Å²) < 4.78 is 26.9. The van der Waals surface area contributed by atoms with Crippen molar-refractivity contribution >= 4 is 45.0 Å². The summed E-state index contributed by atoms with van der Waals surface area (Å²) in [4.78, 5) is 25.6. The van der Waals surface area contributed by atoms with E-state index in [1.807, 2.05) is 13.0 Å². The topological polar surface area (TPSA) is 108 Å². The molecule has 158 valence electrons. The van der Waals surface area contributed by atoms with Crippen molar-refractivity contribution in [1.82, 2.24) is 9.62 Å². The van der Waals surface area contributed by atoms with Gasteiger partial charge in [-0.05, 0) is 49.4 Å². The fourth-order valence-corrected chi connectivity index (χ4v) is 5.67. The fraction of sp³-hybridized carbons (Fsp3) is 0.300. The van der Waals surface area contributed by atoms with Crippen molar-refractivity contribution in [2.45, 2.75) is 22.0 Å². The standard InChI is InChI=1S/C20H22N4O4S2/c1-13-19(25)23-17-12-14(2-7-18(17)29-13)20(26)22-15-3-5-16(6-4-15)30(27,28)24-10-8-21-9-11-24/h2-7,12-13,21H,8-11H2,1H3,(H,22,26)(H,23,25)/t13-/m1/s1. The van der Waals surface area contributed by atoms with Crippen molar-refractivity contribution in [2.24, 2.45) is 0 Å². The zero-order chi connectivity index (χ0) is 21.3. The van der Waals surface area contributed by atoms with E-state index < -0.39 is 10.0 Å². The summed E-state index contributed by atoms with van der Waals surface area (Å²) in [7, 11) is -3.54. The smallest absolute Gasteiger partial charge is 0.255 e. The molecule has 0 radical (unpaired) electrons. The van der Waals surface area contributed by atoms with E-state index in [1.54, 1.807) is 24.3 Å². The van der Waals surface area contributed by atoms with Crippen LogP contribution in [0.1, 0.15) is 17.3 Å².